The zero-order chi connectivity index (χ0) is 66.6. The molecular formula is C69H141I9Si9. The van der Waals surface area contributed by atoms with E-state index in [-0.39, 0.29) is 16.2 Å². The lowest BCUT2D eigenvalue weighted by molar-refractivity contribution is 0.293. The van der Waals surface area contributed by atoms with Gasteiger partial charge >= 0.3 is 0 Å². The van der Waals surface area contributed by atoms with Crippen LogP contribution in [0.15, 0.2) is 18.2 Å². The third-order valence-electron chi connectivity index (χ3n) is 21.1. The number of halogens is 9. The fourth-order valence-electron chi connectivity index (χ4n) is 13.7. The van der Waals surface area contributed by atoms with E-state index in [4.69, 9.17) is 0 Å². The molecule has 516 valence electrons. The third kappa shape index (κ3) is 38.7. The minimum absolute atomic E-state index is 0.244. The average Bonchev–Trinajstić information content (AvgIpc) is 1.64. The van der Waals surface area contributed by atoms with Crippen LogP contribution in [0.4, 0.5) is 0 Å². The number of benzene rings is 1. The van der Waals surface area contributed by atoms with Crippen molar-refractivity contribution in [2.24, 2.45) is 0 Å². The molecule has 0 heterocycles. The molecule has 0 amide bonds. The summed E-state index contributed by atoms with van der Waals surface area (Å²) in [6.45, 7) is 48.9. The van der Waals surface area contributed by atoms with Crippen LogP contribution in [0, 0.1) is 0 Å². The molecule has 0 bridgehead atoms. The Balaban J connectivity index is 5.16. The number of hydrogen-bond acceptors (Lipinski definition) is 0. The summed E-state index contributed by atoms with van der Waals surface area (Å²) in [6.07, 6.45) is 34.3. The van der Waals surface area contributed by atoms with E-state index in [2.05, 4.69) is 339 Å². The van der Waals surface area contributed by atoms with Gasteiger partial charge in [-0.1, -0.05) is 490 Å². The second kappa shape index (κ2) is 45.1. The summed E-state index contributed by atoms with van der Waals surface area (Å²) in [6, 6.07) is 22.9. The number of unbranched alkanes of at least 4 members (excludes halogenated alkanes) is 6. The minimum atomic E-state index is -1.29. The Labute approximate surface area is 678 Å². The van der Waals surface area contributed by atoms with E-state index < -0.39 is 72.7 Å². The van der Waals surface area contributed by atoms with Gasteiger partial charge in [0, 0.05) is 0 Å². The van der Waals surface area contributed by atoms with Gasteiger partial charge in [-0.05, 0) is 127 Å². The van der Waals surface area contributed by atoms with Gasteiger partial charge in [0.15, 0.2) is 0 Å². The Bertz CT molecular complexity index is 1690. The van der Waals surface area contributed by atoms with E-state index in [1.165, 1.54) is 245 Å². The molecule has 0 aromatic heterocycles. The molecule has 1 aromatic carbocycles. The summed E-state index contributed by atoms with van der Waals surface area (Å²) in [7, 11) is -11.1. The van der Waals surface area contributed by atoms with Crippen LogP contribution in [0.25, 0.3) is 0 Å². The van der Waals surface area contributed by atoms with Crippen molar-refractivity contribution in [3.8, 4) is 0 Å². The molecule has 0 saturated heterocycles. The molecule has 18 heteroatoms. The standard InChI is InChI=1S/C69H141I9Si9/c1-79(2,55-70)43-25-19-34-67(40-31-49-85(13,14)61-76,35-20-26-44-80(3,4)56-71)64-52-65(68(41-32-50-86(15,16)62-77,36-21-27-45-81(5,6)57-72)37-22-28-46-82(7,8)58-73)54-66(53-64)69(42-33-51-87(17,18)63-78,38-23-29-47-83(9,10)59-74)39-24-30-48-84(11,12)60-75/h52-54H,19-51,55-63H2,1-18H3. The van der Waals surface area contributed by atoms with Gasteiger partial charge in [-0.2, -0.15) is 0 Å². The first-order valence-corrected chi connectivity index (χ1v) is 79.9. The van der Waals surface area contributed by atoms with Crippen molar-refractivity contribution in [3.63, 3.8) is 0 Å². The maximum atomic E-state index is 3.14. The van der Waals surface area contributed by atoms with Gasteiger partial charge in [-0.15, -0.1) is 0 Å². The largest absolute Gasteiger partial charge is 0.0897 e. The van der Waals surface area contributed by atoms with Gasteiger partial charge < -0.3 is 0 Å². The van der Waals surface area contributed by atoms with E-state index >= 15 is 0 Å². The van der Waals surface area contributed by atoms with Gasteiger partial charge in [0.1, 0.15) is 0 Å². The SMILES string of the molecule is C[Si](C)(CI)CCCCC(CCCC[Si](C)(C)CI)(CCC[Si](C)(C)CI)c1cc(C(CCCC[Si](C)(C)CI)(CCCC[Si](C)(C)CI)CCC[Si](C)(C)CI)cc(C(CCCC[Si](C)(C)CI)(CCCC[Si](C)(C)CI)CCC[Si](C)(C)CI)c1. The van der Waals surface area contributed by atoms with Crippen LogP contribution in [-0.2, 0) is 16.2 Å². The molecule has 0 unspecified atom stereocenters. The molecule has 0 N–H and O–H groups in total. The first kappa shape index (κ1) is 92.8. The number of alkyl halides is 9. The number of hydrogen-bond donors (Lipinski definition) is 0. The van der Waals surface area contributed by atoms with Crippen molar-refractivity contribution in [3.05, 3.63) is 34.9 Å². The van der Waals surface area contributed by atoms with Crippen LogP contribution in [0.2, 0.25) is 172 Å². The second-order valence-corrected chi connectivity index (χ2v) is 103. The van der Waals surface area contributed by atoms with Crippen LogP contribution in [0.3, 0.4) is 0 Å². The average molecular weight is 2370 g/mol. The van der Waals surface area contributed by atoms with Crippen molar-refractivity contribution in [2.45, 2.75) is 343 Å². The van der Waals surface area contributed by atoms with Crippen molar-refractivity contribution in [1.29, 1.82) is 0 Å². The van der Waals surface area contributed by atoms with Crippen LogP contribution in [0.5, 0.6) is 0 Å². The van der Waals surface area contributed by atoms with Gasteiger partial charge in [-0.25, -0.2) is 0 Å². The smallest absolute Gasteiger partial charge is 0.0578 e. The minimum Gasteiger partial charge on any atom is -0.0897 e. The molecule has 0 atom stereocenters. The zero-order valence-electron chi connectivity index (χ0n) is 60.3. The van der Waals surface area contributed by atoms with Crippen molar-refractivity contribution in [1.82, 2.24) is 0 Å². The molecule has 1 aromatic rings. The molecule has 0 aliphatic carbocycles. The van der Waals surface area contributed by atoms with E-state index in [1.807, 2.05) is 16.7 Å². The third-order valence-corrected chi connectivity index (χ3v) is 98.7. The molecule has 0 aliphatic heterocycles. The quantitative estimate of drug-likeness (QED) is 0.0264. The van der Waals surface area contributed by atoms with Crippen LogP contribution in [-0.4, -0.2) is 109 Å². The molecule has 0 saturated carbocycles. The summed E-state index contributed by atoms with van der Waals surface area (Å²) in [5, 5.41) is 0. The Morgan fingerprint density at radius 3 is 0.437 bits per heavy atom. The van der Waals surface area contributed by atoms with Gasteiger partial charge in [-0.3, -0.25) is 0 Å². The highest BCUT2D eigenvalue weighted by Crippen LogP contribution is 2.51. The second-order valence-electron chi connectivity index (χ2n) is 36.1. The monoisotopic (exact) mass is 2360 g/mol. The molecular weight excluding hydrogens is 2220 g/mol. The van der Waals surface area contributed by atoms with Gasteiger partial charge in [0.05, 0.1) is 72.7 Å². The topological polar surface area (TPSA) is 0 Å². The zero-order valence-corrected chi connectivity index (χ0v) is 88.7. The Hall–Kier alpha value is 7.74. The Morgan fingerprint density at radius 1 is 0.195 bits per heavy atom. The van der Waals surface area contributed by atoms with Crippen LogP contribution in [0.1, 0.15) is 171 Å². The first-order chi connectivity index (χ1) is 40.2. The van der Waals surface area contributed by atoms with Crippen LogP contribution < -0.4 is 0 Å². The fourth-order valence-corrected chi connectivity index (χ4v) is 35.8. The van der Waals surface area contributed by atoms with E-state index in [0.29, 0.717) is 0 Å². The molecule has 0 fully saturated rings. The highest BCUT2D eigenvalue weighted by atomic mass is 127. The normalized spacial score (nSPS) is 14.2. The highest BCUT2D eigenvalue weighted by molar-refractivity contribution is 14.1. The summed E-state index contributed by atoms with van der Waals surface area (Å²) >= 11 is 25.0. The summed E-state index contributed by atoms with van der Waals surface area (Å²) < 4.78 is 12.6. The maximum absolute atomic E-state index is 3.14. The molecule has 1 rings (SSSR count). The van der Waals surface area contributed by atoms with E-state index in [0.717, 1.165) is 0 Å². The molecule has 0 spiro atoms. The summed E-state index contributed by atoms with van der Waals surface area (Å²) in [4.78, 5) is 0. The summed E-state index contributed by atoms with van der Waals surface area (Å²) in [5.41, 5.74) is 6.42. The summed E-state index contributed by atoms with van der Waals surface area (Å²) in [5.74, 6) is 0. The Morgan fingerprint density at radius 2 is 0.310 bits per heavy atom. The maximum Gasteiger partial charge on any atom is 0.0578 e. The molecule has 0 radical (unpaired) electrons. The predicted octanol–water partition coefficient (Wildman–Crippen LogP) is 29.9. The predicted molar refractivity (Wildman–Crippen MR) is 513 cm³/mol. The fraction of sp³-hybridized carbons (Fsp3) is 0.913. The lowest BCUT2D eigenvalue weighted by Gasteiger charge is -2.43. The molecule has 87 heavy (non-hydrogen) atoms. The highest BCUT2D eigenvalue weighted by Gasteiger charge is 2.42. The van der Waals surface area contributed by atoms with E-state index in [1.54, 1.807) is 0 Å². The molecule has 0 nitrogen and oxygen atoms in total. The van der Waals surface area contributed by atoms with Crippen LogP contribution >= 0.6 is 203 Å². The number of rotatable bonds is 54. The van der Waals surface area contributed by atoms with Gasteiger partial charge in [0.2, 0.25) is 0 Å². The Kier molecular flexibility index (Phi) is 48.1. The lowest BCUT2D eigenvalue weighted by atomic mass is 9.62. The molecule has 0 aliphatic rings. The van der Waals surface area contributed by atoms with Crippen molar-refractivity contribution >= 4 is 276 Å². The van der Waals surface area contributed by atoms with Gasteiger partial charge in [0.25, 0.3) is 0 Å². The lowest BCUT2D eigenvalue weighted by Crippen LogP contribution is -2.35. The van der Waals surface area contributed by atoms with E-state index in [9.17, 15) is 0 Å². The van der Waals surface area contributed by atoms with Crippen molar-refractivity contribution in [2.75, 3.05) is 36.5 Å². The van der Waals surface area contributed by atoms with Crippen molar-refractivity contribution < 1.29 is 0 Å². The first-order valence-electron chi connectivity index (χ1n) is 35.4.